The lowest BCUT2D eigenvalue weighted by atomic mass is 10.00. The van der Waals surface area contributed by atoms with Gasteiger partial charge in [-0.3, -0.25) is 0 Å². The maximum Gasteiger partial charge on any atom is 0.334 e. The maximum absolute atomic E-state index is 13.1. The number of nitrogens with zero attached hydrogens (tertiary/aromatic N) is 1. The van der Waals surface area contributed by atoms with Crippen LogP contribution in [0.1, 0.15) is 142 Å². The molecule has 0 unspecified atom stereocenters. The van der Waals surface area contributed by atoms with Crippen molar-refractivity contribution in [2.75, 3.05) is 25.5 Å². The maximum atomic E-state index is 13.1. The van der Waals surface area contributed by atoms with Crippen LogP contribution in [-0.2, 0) is 24.3 Å². The van der Waals surface area contributed by atoms with Crippen LogP contribution in [0.3, 0.4) is 0 Å². The third-order valence-electron chi connectivity index (χ3n) is 11.0. The Morgan fingerprint density at radius 1 is 0.774 bits per heavy atom. The predicted octanol–water partition coefficient (Wildman–Crippen LogP) is 8.74. The van der Waals surface area contributed by atoms with Crippen molar-refractivity contribution in [3.8, 4) is 0 Å². The number of hydrogen-bond donors (Lipinski definition) is 3. The minimum absolute atomic E-state index is 0.0660. The Hall–Kier alpha value is -2.50. The van der Waals surface area contributed by atoms with E-state index in [9.17, 15) is 23.4 Å². The largest absolute Gasteiger partial charge is 0.455 e. The van der Waals surface area contributed by atoms with Gasteiger partial charge in [0.2, 0.25) is 10.0 Å². The third kappa shape index (κ3) is 14.6. The first-order valence-corrected chi connectivity index (χ1v) is 22.2. The SMILES string of the molecule is C[C@H]1C=C(CCCCCCCCCCC[C@@H](O)[C@H]2CC[C@H]([C@H](O)CCCCCCCCCNS(=O)(=O)c3cccc4ccc(N(C)C)cc34)O2)C(=O)O1. The Kier molecular flexibility index (Phi) is 18.6. The zero-order chi connectivity index (χ0) is 38.1. The molecule has 53 heavy (non-hydrogen) atoms. The summed E-state index contributed by atoms with van der Waals surface area (Å²) in [6.45, 7) is 2.33. The monoisotopic (exact) mass is 756 g/mol. The van der Waals surface area contributed by atoms with Gasteiger partial charge in [0.25, 0.3) is 0 Å². The van der Waals surface area contributed by atoms with E-state index >= 15 is 0 Å². The van der Waals surface area contributed by atoms with Crippen molar-refractivity contribution in [3.05, 3.63) is 48.0 Å². The second-order valence-corrected chi connectivity index (χ2v) is 17.4. The summed E-state index contributed by atoms with van der Waals surface area (Å²) < 4.78 is 40.3. The van der Waals surface area contributed by atoms with Gasteiger partial charge in [-0.05, 0) is 81.5 Å². The molecule has 0 aromatic heterocycles. The standard InChI is InChI=1S/C43H68N2O7S/c1-33-31-35(43(48)51-33)21-16-12-8-5-4-6-9-13-17-23-38(46)40-28-29-41(52-40)39(47)24-18-14-10-7-11-15-19-30-44-53(49,50)42-25-20-22-34-26-27-36(45(2)3)32-37(34)42/h20,22,25-27,31-33,38-41,44,46-47H,4-19,21,23-24,28-30H2,1-3H3/t33-,38+,39+,40+,41+/m0/s1. The van der Waals surface area contributed by atoms with Crippen LogP contribution in [0.4, 0.5) is 5.69 Å². The number of nitrogens with one attached hydrogen (secondary N) is 1. The van der Waals surface area contributed by atoms with Crippen molar-refractivity contribution in [2.45, 2.75) is 177 Å². The summed E-state index contributed by atoms with van der Waals surface area (Å²) in [5, 5.41) is 23.1. The van der Waals surface area contributed by atoms with E-state index in [4.69, 9.17) is 9.47 Å². The molecule has 0 saturated carbocycles. The van der Waals surface area contributed by atoms with Gasteiger partial charge in [-0.15, -0.1) is 0 Å². The second kappa shape index (κ2) is 22.8. The van der Waals surface area contributed by atoms with Crippen LogP contribution in [0.15, 0.2) is 52.9 Å². The minimum Gasteiger partial charge on any atom is -0.455 e. The molecule has 2 aliphatic heterocycles. The summed E-state index contributed by atoms with van der Waals surface area (Å²) >= 11 is 0. The number of rotatable bonds is 27. The molecule has 5 atom stereocenters. The number of carbonyl (C=O) groups is 1. The molecule has 1 saturated heterocycles. The molecule has 298 valence electrons. The number of cyclic esters (lactones) is 1. The van der Waals surface area contributed by atoms with Gasteiger partial charge in [0, 0.05) is 37.3 Å². The molecular weight excluding hydrogens is 689 g/mol. The van der Waals surface area contributed by atoms with Crippen molar-refractivity contribution in [3.63, 3.8) is 0 Å². The summed E-state index contributed by atoms with van der Waals surface area (Å²) in [4.78, 5) is 14.0. The quantitative estimate of drug-likeness (QED) is 0.0611. The molecule has 10 heteroatoms. The number of aliphatic hydroxyl groups excluding tert-OH is 2. The highest BCUT2D eigenvalue weighted by molar-refractivity contribution is 7.89. The molecule has 2 aromatic rings. The number of fused-ring (bicyclic) bond motifs is 1. The Balaban J connectivity index is 0.948. The molecule has 0 amide bonds. The van der Waals surface area contributed by atoms with Gasteiger partial charge >= 0.3 is 5.97 Å². The van der Waals surface area contributed by atoms with E-state index in [0.717, 1.165) is 125 Å². The number of anilines is 1. The average Bonchev–Trinajstić information content (AvgIpc) is 3.76. The molecule has 4 rings (SSSR count). The minimum atomic E-state index is -3.60. The van der Waals surface area contributed by atoms with Crippen LogP contribution in [0.2, 0.25) is 0 Å². The van der Waals surface area contributed by atoms with Gasteiger partial charge in [-0.25, -0.2) is 17.9 Å². The second-order valence-electron chi connectivity index (χ2n) is 15.7. The Morgan fingerprint density at radius 3 is 1.87 bits per heavy atom. The van der Waals surface area contributed by atoms with Crippen LogP contribution in [0.25, 0.3) is 10.8 Å². The molecule has 0 bridgehead atoms. The first kappa shape index (κ1) is 43.2. The van der Waals surface area contributed by atoms with Gasteiger partial charge in [-0.1, -0.05) is 108 Å². The molecule has 1 fully saturated rings. The summed E-state index contributed by atoms with van der Waals surface area (Å²) in [6, 6.07) is 11.3. The number of sulfonamides is 1. The molecule has 0 radical (unpaired) electrons. The van der Waals surface area contributed by atoms with E-state index in [0.29, 0.717) is 11.4 Å². The zero-order valence-corrected chi connectivity index (χ0v) is 33.6. The number of unbranched alkanes of at least 4 members (excludes halogenated alkanes) is 14. The van der Waals surface area contributed by atoms with E-state index in [1.165, 1.54) is 32.1 Å². The van der Waals surface area contributed by atoms with Crippen LogP contribution in [0.5, 0.6) is 0 Å². The van der Waals surface area contributed by atoms with Crippen molar-refractivity contribution in [2.24, 2.45) is 0 Å². The third-order valence-corrected chi connectivity index (χ3v) is 12.5. The van der Waals surface area contributed by atoms with Gasteiger partial charge in [0.15, 0.2) is 0 Å². The summed E-state index contributed by atoms with van der Waals surface area (Å²) in [7, 11) is 0.296. The number of ether oxygens (including phenoxy) is 2. The summed E-state index contributed by atoms with van der Waals surface area (Å²) in [5.74, 6) is -0.136. The van der Waals surface area contributed by atoms with Crippen molar-refractivity contribution in [1.82, 2.24) is 4.72 Å². The number of benzene rings is 2. The van der Waals surface area contributed by atoms with E-state index < -0.39 is 22.2 Å². The molecule has 2 aromatic carbocycles. The Bertz CT molecular complexity index is 1530. The van der Waals surface area contributed by atoms with E-state index in [-0.39, 0.29) is 24.3 Å². The van der Waals surface area contributed by atoms with Crippen LogP contribution in [-0.4, -0.2) is 75.8 Å². The molecule has 0 spiro atoms. The molecule has 3 N–H and O–H groups in total. The topological polar surface area (TPSA) is 125 Å². The van der Waals surface area contributed by atoms with Crippen molar-refractivity contribution in [1.29, 1.82) is 0 Å². The first-order chi connectivity index (χ1) is 25.5. The Labute approximate surface area is 320 Å². The fraction of sp³-hybridized carbons (Fsp3) is 0.698. The lowest BCUT2D eigenvalue weighted by molar-refractivity contribution is -0.139. The zero-order valence-electron chi connectivity index (χ0n) is 32.8. The normalized spacial score (nSPS) is 20.1. The highest BCUT2D eigenvalue weighted by Gasteiger charge is 2.34. The Morgan fingerprint density at radius 2 is 1.32 bits per heavy atom. The van der Waals surface area contributed by atoms with E-state index in [1.807, 2.05) is 56.3 Å². The fourth-order valence-electron chi connectivity index (χ4n) is 7.74. The van der Waals surface area contributed by atoms with Gasteiger partial charge in [0.1, 0.15) is 6.10 Å². The molecular formula is C43H68N2O7S. The first-order valence-electron chi connectivity index (χ1n) is 20.7. The molecule has 9 nitrogen and oxygen atoms in total. The fourth-order valence-corrected chi connectivity index (χ4v) is 9.03. The van der Waals surface area contributed by atoms with Crippen molar-refractivity contribution < 1.29 is 32.9 Å². The molecule has 0 aliphatic carbocycles. The van der Waals surface area contributed by atoms with Gasteiger partial charge < -0.3 is 24.6 Å². The lowest BCUT2D eigenvalue weighted by Crippen LogP contribution is -2.31. The van der Waals surface area contributed by atoms with E-state index in [2.05, 4.69) is 4.72 Å². The van der Waals surface area contributed by atoms with Crippen LogP contribution in [0, 0.1) is 0 Å². The molecule has 2 heterocycles. The number of carbonyl (C=O) groups excluding carboxylic acids is 1. The van der Waals surface area contributed by atoms with Crippen LogP contribution < -0.4 is 9.62 Å². The highest BCUT2D eigenvalue weighted by atomic mass is 32.2. The van der Waals surface area contributed by atoms with Gasteiger partial charge in [0.05, 0.1) is 29.3 Å². The summed E-state index contributed by atoms with van der Waals surface area (Å²) in [5.41, 5.74) is 1.81. The van der Waals surface area contributed by atoms with Crippen molar-refractivity contribution >= 4 is 32.5 Å². The number of hydrogen-bond acceptors (Lipinski definition) is 8. The summed E-state index contributed by atoms with van der Waals surface area (Å²) in [6.07, 6.45) is 22.1. The smallest absolute Gasteiger partial charge is 0.334 e. The lowest BCUT2D eigenvalue weighted by Gasteiger charge is -2.22. The number of aliphatic hydroxyl groups is 2. The average molecular weight is 757 g/mol. The van der Waals surface area contributed by atoms with Crippen LogP contribution >= 0.6 is 0 Å². The molecule has 2 aliphatic rings. The predicted molar refractivity (Wildman–Crippen MR) is 215 cm³/mol. The van der Waals surface area contributed by atoms with E-state index in [1.54, 1.807) is 12.1 Å². The van der Waals surface area contributed by atoms with Gasteiger partial charge in [-0.2, -0.15) is 0 Å². The highest BCUT2D eigenvalue weighted by Crippen LogP contribution is 2.29. The number of esters is 1.